The van der Waals surface area contributed by atoms with Gasteiger partial charge in [-0.15, -0.1) is 0 Å². The SMILES string of the molecule is CC1COCCN1C(=O)C1CC(=O)N(c2ccc3c(c2)OCO3)C1. The minimum atomic E-state index is -0.302. The lowest BCUT2D eigenvalue weighted by molar-refractivity contribution is -0.143. The largest absolute Gasteiger partial charge is 0.454 e. The molecule has 128 valence electrons. The number of carbonyl (C=O) groups excluding carboxylic acids is 2. The summed E-state index contributed by atoms with van der Waals surface area (Å²) < 4.78 is 16.0. The minimum Gasteiger partial charge on any atom is -0.454 e. The molecule has 0 spiro atoms. The molecular formula is C17H20N2O5. The summed E-state index contributed by atoms with van der Waals surface area (Å²) in [6.45, 7) is 4.28. The van der Waals surface area contributed by atoms with Gasteiger partial charge in [0.1, 0.15) is 0 Å². The van der Waals surface area contributed by atoms with Crippen LogP contribution in [-0.2, 0) is 14.3 Å². The lowest BCUT2D eigenvalue weighted by atomic mass is 10.1. The quantitative estimate of drug-likeness (QED) is 0.809. The molecule has 0 bridgehead atoms. The highest BCUT2D eigenvalue weighted by atomic mass is 16.7. The Morgan fingerprint density at radius 2 is 2.08 bits per heavy atom. The average molecular weight is 332 g/mol. The first-order chi connectivity index (χ1) is 11.6. The number of amides is 2. The molecule has 3 heterocycles. The van der Waals surface area contributed by atoms with Crippen LogP contribution in [0.25, 0.3) is 0 Å². The van der Waals surface area contributed by atoms with Crippen molar-refractivity contribution in [3.63, 3.8) is 0 Å². The van der Waals surface area contributed by atoms with E-state index in [0.717, 1.165) is 5.69 Å². The molecule has 1 aromatic carbocycles. The molecule has 0 aliphatic carbocycles. The maximum absolute atomic E-state index is 12.8. The van der Waals surface area contributed by atoms with Gasteiger partial charge >= 0.3 is 0 Å². The third-order valence-corrected chi connectivity index (χ3v) is 4.79. The third-order valence-electron chi connectivity index (χ3n) is 4.79. The number of anilines is 1. The molecular weight excluding hydrogens is 312 g/mol. The summed E-state index contributed by atoms with van der Waals surface area (Å²) in [6, 6.07) is 5.48. The Hall–Kier alpha value is -2.28. The number of ether oxygens (including phenoxy) is 3. The van der Waals surface area contributed by atoms with Gasteiger partial charge in [0.05, 0.1) is 25.2 Å². The highest BCUT2D eigenvalue weighted by molar-refractivity contribution is 6.00. The smallest absolute Gasteiger partial charge is 0.231 e. The van der Waals surface area contributed by atoms with Gasteiger partial charge in [0.2, 0.25) is 18.6 Å². The normalized spacial score (nSPS) is 26.1. The molecule has 0 saturated carbocycles. The number of hydrogen-bond acceptors (Lipinski definition) is 5. The zero-order valence-corrected chi connectivity index (χ0v) is 13.6. The summed E-state index contributed by atoms with van der Waals surface area (Å²) in [5.41, 5.74) is 0.745. The maximum Gasteiger partial charge on any atom is 0.231 e. The van der Waals surface area contributed by atoms with Crippen LogP contribution in [0.3, 0.4) is 0 Å². The number of benzene rings is 1. The van der Waals surface area contributed by atoms with Crippen LogP contribution in [0.15, 0.2) is 18.2 Å². The fourth-order valence-corrected chi connectivity index (χ4v) is 3.46. The van der Waals surface area contributed by atoms with Crippen LogP contribution in [0.4, 0.5) is 5.69 Å². The molecule has 3 aliphatic heterocycles. The lowest BCUT2D eigenvalue weighted by Gasteiger charge is -2.34. The zero-order valence-electron chi connectivity index (χ0n) is 13.6. The second kappa shape index (κ2) is 5.98. The molecule has 2 unspecified atom stereocenters. The van der Waals surface area contributed by atoms with Crippen molar-refractivity contribution in [1.29, 1.82) is 0 Å². The van der Waals surface area contributed by atoms with Crippen molar-refractivity contribution < 1.29 is 23.8 Å². The van der Waals surface area contributed by atoms with Crippen molar-refractivity contribution in [2.24, 2.45) is 5.92 Å². The fourth-order valence-electron chi connectivity index (χ4n) is 3.46. The molecule has 3 aliphatic rings. The van der Waals surface area contributed by atoms with Crippen LogP contribution in [0.5, 0.6) is 11.5 Å². The molecule has 2 atom stereocenters. The fraction of sp³-hybridized carbons (Fsp3) is 0.529. The van der Waals surface area contributed by atoms with Gasteiger partial charge in [-0.05, 0) is 19.1 Å². The molecule has 0 radical (unpaired) electrons. The molecule has 2 fully saturated rings. The van der Waals surface area contributed by atoms with E-state index in [1.165, 1.54) is 0 Å². The van der Waals surface area contributed by atoms with E-state index in [-0.39, 0.29) is 37.0 Å². The zero-order chi connectivity index (χ0) is 16.7. The van der Waals surface area contributed by atoms with Crippen molar-refractivity contribution in [3.05, 3.63) is 18.2 Å². The lowest BCUT2D eigenvalue weighted by Crippen LogP contribution is -2.49. The molecule has 24 heavy (non-hydrogen) atoms. The predicted octanol–water partition coefficient (Wildman–Crippen LogP) is 1.02. The van der Waals surface area contributed by atoms with Crippen molar-refractivity contribution in [1.82, 2.24) is 4.90 Å². The Morgan fingerprint density at radius 3 is 2.92 bits per heavy atom. The van der Waals surface area contributed by atoms with Crippen molar-refractivity contribution >= 4 is 17.5 Å². The van der Waals surface area contributed by atoms with Crippen molar-refractivity contribution in [3.8, 4) is 11.5 Å². The highest BCUT2D eigenvalue weighted by Gasteiger charge is 2.39. The molecule has 0 aromatic heterocycles. The number of morpholine rings is 1. The summed E-state index contributed by atoms with van der Waals surface area (Å²) in [7, 11) is 0. The van der Waals surface area contributed by atoms with E-state index < -0.39 is 0 Å². The van der Waals surface area contributed by atoms with E-state index in [4.69, 9.17) is 14.2 Å². The van der Waals surface area contributed by atoms with Crippen LogP contribution < -0.4 is 14.4 Å². The first-order valence-electron chi connectivity index (χ1n) is 8.22. The Morgan fingerprint density at radius 1 is 1.25 bits per heavy atom. The first-order valence-corrected chi connectivity index (χ1v) is 8.22. The Kier molecular flexibility index (Phi) is 3.80. The Balaban J connectivity index is 1.49. The van der Waals surface area contributed by atoms with Crippen LogP contribution in [0.1, 0.15) is 13.3 Å². The van der Waals surface area contributed by atoms with Crippen LogP contribution in [-0.4, -0.2) is 55.9 Å². The summed E-state index contributed by atoms with van der Waals surface area (Å²) in [5, 5.41) is 0. The average Bonchev–Trinajstić information content (AvgIpc) is 3.20. The Labute approximate surface area is 140 Å². The number of nitrogens with zero attached hydrogens (tertiary/aromatic N) is 2. The first kappa shape index (κ1) is 15.3. The van der Waals surface area contributed by atoms with E-state index in [9.17, 15) is 9.59 Å². The van der Waals surface area contributed by atoms with Crippen molar-refractivity contribution in [2.75, 3.05) is 38.0 Å². The van der Waals surface area contributed by atoms with Gasteiger partial charge < -0.3 is 24.0 Å². The molecule has 7 heteroatoms. The van der Waals surface area contributed by atoms with Crippen LogP contribution in [0, 0.1) is 5.92 Å². The number of carbonyl (C=O) groups is 2. The van der Waals surface area contributed by atoms with Crippen LogP contribution >= 0.6 is 0 Å². The second-order valence-electron chi connectivity index (χ2n) is 6.40. The predicted molar refractivity (Wildman–Crippen MR) is 85.0 cm³/mol. The number of fused-ring (bicyclic) bond motifs is 1. The summed E-state index contributed by atoms with van der Waals surface area (Å²) in [4.78, 5) is 28.7. The van der Waals surface area contributed by atoms with Crippen LogP contribution in [0.2, 0.25) is 0 Å². The van der Waals surface area contributed by atoms with Gasteiger partial charge in [0.15, 0.2) is 11.5 Å². The second-order valence-corrected chi connectivity index (χ2v) is 6.40. The molecule has 1 aromatic rings. The molecule has 2 saturated heterocycles. The topological polar surface area (TPSA) is 68.3 Å². The van der Waals surface area contributed by atoms with Gasteiger partial charge in [-0.3, -0.25) is 9.59 Å². The highest BCUT2D eigenvalue weighted by Crippen LogP contribution is 2.37. The molecule has 4 rings (SSSR count). The summed E-state index contributed by atoms with van der Waals surface area (Å²) in [5.74, 6) is 1.02. The van der Waals surface area contributed by atoms with E-state index in [2.05, 4.69) is 0 Å². The Bertz CT molecular complexity index is 677. The van der Waals surface area contributed by atoms with Gasteiger partial charge in [0.25, 0.3) is 0 Å². The van der Waals surface area contributed by atoms with E-state index in [1.807, 2.05) is 17.9 Å². The number of hydrogen-bond donors (Lipinski definition) is 0. The maximum atomic E-state index is 12.8. The monoisotopic (exact) mass is 332 g/mol. The minimum absolute atomic E-state index is 0.0341. The summed E-state index contributed by atoms with van der Waals surface area (Å²) in [6.07, 6.45) is 0.247. The standard InChI is InChI=1S/C17H20N2O5/c1-11-9-22-5-4-18(11)17(21)12-6-16(20)19(8-12)13-2-3-14-15(7-13)24-10-23-14/h2-3,7,11-12H,4-6,8-10H2,1H3. The molecule has 0 N–H and O–H groups in total. The van der Waals surface area contributed by atoms with E-state index in [0.29, 0.717) is 37.8 Å². The van der Waals surface area contributed by atoms with Gasteiger partial charge in [0, 0.05) is 31.3 Å². The number of rotatable bonds is 2. The summed E-state index contributed by atoms with van der Waals surface area (Å²) >= 11 is 0. The molecule has 7 nitrogen and oxygen atoms in total. The van der Waals surface area contributed by atoms with Gasteiger partial charge in [-0.2, -0.15) is 0 Å². The van der Waals surface area contributed by atoms with E-state index in [1.54, 1.807) is 17.0 Å². The third kappa shape index (κ3) is 2.58. The molecule has 2 amide bonds. The van der Waals surface area contributed by atoms with E-state index >= 15 is 0 Å². The van der Waals surface area contributed by atoms with Gasteiger partial charge in [-0.1, -0.05) is 0 Å². The van der Waals surface area contributed by atoms with Gasteiger partial charge in [-0.25, -0.2) is 0 Å². The van der Waals surface area contributed by atoms with Crippen molar-refractivity contribution in [2.45, 2.75) is 19.4 Å².